The number of carbonyl (C=O) groups excluding carboxylic acids is 4. The minimum absolute atomic E-state index is 0.124. The molecule has 52 heavy (non-hydrogen) atoms. The van der Waals surface area contributed by atoms with Crippen LogP contribution in [-0.4, -0.2) is 51.2 Å². The number of hydrogen-bond donors (Lipinski definition) is 3. The minimum atomic E-state index is -4.60. The fourth-order valence-electron chi connectivity index (χ4n) is 5.51. The maximum atomic E-state index is 13.4. The zero-order chi connectivity index (χ0) is 37.9. The lowest BCUT2D eigenvalue weighted by atomic mass is 9.85. The van der Waals surface area contributed by atoms with Gasteiger partial charge in [-0.1, -0.05) is 74.5 Å². The summed E-state index contributed by atoms with van der Waals surface area (Å²) in [5.74, 6) is -2.14. The molecule has 0 saturated heterocycles. The summed E-state index contributed by atoms with van der Waals surface area (Å²) in [6, 6.07) is 18.2. The molecule has 0 aromatic heterocycles. The number of carbonyl (C=O) groups is 4. The SMILES string of the molecule is CC(C)[C@H](NC(=O)OC(=O)OCc1ccccc1)C(=O)OC[C@@H](NC(=O)C1CCC(NS(=O)(=O)c2ccc(C(F)(F)F)cc2)CC1)c1ccccc1. The number of alkyl halides is 3. The first-order valence-corrected chi connectivity index (χ1v) is 18.0. The van der Waals surface area contributed by atoms with Gasteiger partial charge in [-0.15, -0.1) is 0 Å². The molecule has 2 amide bonds. The van der Waals surface area contributed by atoms with Crippen LogP contribution in [0.25, 0.3) is 0 Å². The van der Waals surface area contributed by atoms with Crippen LogP contribution >= 0.6 is 0 Å². The van der Waals surface area contributed by atoms with Crippen molar-refractivity contribution in [1.82, 2.24) is 15.4 Å². The smallest absolute Gasteiger partial charge is 0.462 e. The Bertz CT molecular complexity index is 1770. The maximum Gasteiger partial charge on any atom is 0.517 e. The van der Waals surface area contributed by atoms with Gasteiger partial charge in [-0.25, -0.2) is 27.5 Å². The maximum absolute atomic E-state index is 13.4. The highest BCUT2D eigenvalue weighted by Crippen LogP contribution is 2.31. The Balaban J connectivity index is 1.29. The Morgan fingerprint density at radius 3 is 1.98 bits per heavy atom. The van der Waals surface area contributed by atoms with Crippen LogP contribution in [0.5, 0.6) is 0 Å². The first kappa shape index (κ1) is 39.8. The second kappa shape index (κ2) is 18.0. The van der Waals surface area contributed by atoms with E-state index in [1.807, 2.05) is 0 Å². The Hall–Kier alpha value is -4.96. The topological polar surface area (TPSA) is 166 Å². The highest BCUT2D eigenvalue weighted by molar-refractivity contribution is 7.89. The number of halogens is 3. The first-order valence-electron chi connectivity index (χ1n) is 16.5. The summed E-state index contributed by atoms with van der Waals surface area (Å²) >= 11 is 0. The highest BCUT2D eigenvalue weighted by Gasteiger charge is 2.33. The molecule has 0 aliphatic heterocycles. The van der Waals surface area contributed by atoms with Gasteiger partial charge in [0, 0.05) is 12.0 Å². The summed E-state index contributed by atoms with van der Waals surface area (Å²) in [5.41, 5.74) is 0.353. The number of nitrogens with one attached hydrogen (secondary N) is 3. The van der Waals surface area contributed by atoms with Crippen LogP contribution in [0.4, 0.5) is 22.8 Å². The van der Waals surface area contributed by atoms with Crippen LogP contribution in [0.2, 0.25) is 0 Å². The zero-order valence-corrected chi connectivity index (χ0v) is 29.2. The molecule has 280 valence electrons. The van der Waals surface area contributed by atoms with Gasteiger partial charge in [-0.2, -0.15) is 13.2 Å². The molecule has 0 spiro atoms. The average Bonchev–Trinajstić information content (AvgIpc) is 3.11. The van der Waals surface area contributed by atoms with E-state index in [-0.39, 0.29) is 24.0 Å². The van der Waals surface area contributed by atoms with Gasteiger partial charge in [0.15, 0.2) is 0 Å². The van der Waals surface area contributed by atoms with E-state index in [1.165, 1.54) is 0 Å². The molecule has 0 bridgehead atoms. The first-order chi connectivity index (χ1) is 24.6. The van der Waals surface area contributed by atoms with E-state index in [0.29, 0.717) is 48.9 Å². The van der Waals surface area contributed by atoms with Crippen molar-refractivity contribution >= 4 is 34.1 Å². The van der Waals surface area contributed by atoms with Gasteiger partial charge < -0.3 is 24.8 Å². The minimum Gasteiger partial charge on any atom is -0.462 e. The Morgan fingerprint density at radius 1 is 0.808 bits per heavy atom. The average molecular weight is 748 g/mol. The van der Waals surface area contributed by atoms with Crippen LogP contribution in [-0.2, 0) is 46.6 Å². The Morgan fingerprint density at radius 2 is 1.40 bits per heavy atom. The van der Waals surface area contributed by atoms with Gasteiger partial charge >= 0.3 is 24.4 Å². The van der Waals surface area contributed by atoms with E-state index in [4.69, 9.17) is 9.47 Å². The molecule has 0 radical (unpaired) electrons. The van der Waals surface area contributed by atoms with E-state index in [0.717, 1.165) is 12.1 Å². The van der Waals surface area contributed by atoms with Crippen molar-refractivity contribution in [3.05, 3.63) is 102 Å². The van der Waals surface area contributed by atoms with Crippen molar-refractivity contribution < 1.29 is 55.0 Å². The summed E-state index contributed by atoms with van der Waals surface area (Å²) < 4.78 is 81.9. The third kappa shape index (κ3) is 11.8. The lowest BCUT2D eigenvalue weighted by Gasteiger charge is -2.30. The molecular weight excluding hydrogens is 707 g/mol. The lowest BCUT2D eigenvalue weighted by Crippen LogP contribution is -2.47. The number of esters is 1. The van der Waals surface area contributed by atoms with Crippen LogP contribution in [0.1, 0.15) is 62.3 Å². The lowest BCUT2D eigenvalue weighted by molar-refractivity contribution is -0.148. The summed E-state index contributed by atoms with van der Waals surface area (Å²) in [7, 11) is -4.09. The molecule has 16 heteroatoms. The van der Waals surface area contributed by atoms with Crippen LogP contribution in [0.15, 0.2) is 89.8 Å². The molecule has 2 atom stereocenters. The molecule has 4 rings (SSSR count). The van der Waals surface area contributed by atoms with Gasteiger partial charge in [0.1, 0.15) is 19.3 Å². The van der Waals surface area contributed by atoms with Gasteiger partial charge in [-0.05, 0) is 67.0 Å². The predicted molar refractivity (Wildman–Crippen MR) is 181 cm³/mol. The Labute approximate surface area is 299 Å². The summed E-state index contributed by atoms with van der Waals surface area (Å²) in [6.07, 6.45) is -5.80. The normalized spacial score (nSPS) is 17.3. The van der Waals surface area contributed by atoms with Gasteiger partial charge in [0.05, 0.1) is 16.5 Å². The number of rotatable bonds is 13. The van der Waals surface area contributed by atoms with Crippen molar-refractivity contribution in [2.24, 2.45) is 11.8 Å². The number of hydrogen-bond acceptors (Lipinski definition) is 9. The van der Waals surface area contributed by atoms with E-state index >= 15 is 0 Å². The van der Waals surface area contributed by atoms with Crippen LogP contribution < -0.4 is 15.4 Å². The third-order valence-corrected chi connectivity index (χ3v) is 9.93. The number of alkyl carbamates (subject to hydrolysis) is 1. The van der Waals surface area contributed by atoms with E-state index in [1.54, 1.807) is 74.5 Å². The molecule has 0 unspecified atom stereocenters. The molecule has 12 nitrogen and oxygen atoms in total. The van der Waals surface area contributed by atoms with Crippen molar-refractivity contribution in [1.29, 1.82) is 0 Å². The van der Waals surface area contributed by atoms with E-state index in [9.17, 15) is 40.8 Å². The molecule has 3 aromatic rings. The number of amides is 2. The molecule has 1 aliphatic carbocycles. The quantitative estimate of drug-likeness (QED) is 0.140. The predicted octanol–water partition coefficient (Wildman–Crippen LogP) is 6.03. The fourth-order valence-corrected chi connectivity index (χ4v) is 6.82. The van der Waals surface area contributed by atoms with Gasteiger partial charge in [-0.3, -0.25) is 4.79 Å². The Kier molecular flexibility index (Phi) is 13.8. The van der Waals surface area contributed by atoms with Crippen LogP contribution in [0, 0.1) is 11.8 Å². The van der Waals surface area contributed by atoms with Gasteiger partial charge in [0.2, 0.25) is 15.9 Å². The molecule has 3 aromatic carbocycles. The van der Waals surface area contributed by atoms with Crippen molar-refractivity contribution in [3.8, 4) is 0 Å². The largest absolute Gasteiger partial charge is 0.517 e. The van der Waals surface area contributed by atoms with E-state index < -0.39 is 69.9 Å². The summed E-state index contributed by atoms with van der Waals surface area (Å²) in [6.45, 7) is 2.88. The number of ether oxygens (including phenoxy) is 3. The fraction of sp³-hybridized carbons (Fsp3) is 0.389. The second-order valence-electron chi connectivity index (χ2n) is 12.6. The van der Waals surface area contributed by atoms with Crippen molar-refractivity contribution in [2.75, 3.05) is 6.61 Å². The highest BCUT2D eigenvalue weighted by atomic mass is 32.2. The molecule has 1 aliphatic rings. The molecule has 1 fully saturated rings. The van der Waals surface area contributed by atoms with E-state index in [2.05, 4.69) is 20.1 Å². The standard InChI is InChI=1S/C36H40F3N3O9S/c1-23(2)31(41-34(45)51-35(46)50-21-24-9-5-3-6-10-24)33(44)49-22-30(25-11-7-4-8-12-25)40-32(43)26-13-17-28(18-14-26)42-52(47,48)29-19-15-27(16-20-29)36(37,38)39/h3-12,15-16,19-20,23,26,28,30-31,42H,13-14,17-18,21-22H2,1-2H3,(H,40,43)(H,41,45)/t26?,28?,30-,31+/m1/s1. The molecule has 0 heterocycles. The summed E-state index contributed by atoms with van der Waals surface area (Å²) in [5, 5.41) is 5.23. The third-order valence-electron chi connectivity index (χ3n) is 8.39. The zero-order valence-electron chi connectivity index (χ0n) is 28.4. The summed E-state index contributed by atoms with van der Waals surface area (Å²) in [4.78, 5) is 50.6. The van der Waals surface area contributed by atoms with Crippen molar-refractivity contribution in [3.63, 3.8) is 0 Å². The van der Waals surface area contributed by atoms with Gasteiger partial charge in [0.25, 0.3) is 0 Å². The number of sulfonamides is 1. The van der Waals surface area contributed by atoms with Crippen molar-refractivity contribution in [2.45, 2.75) is 75.3 Å². The van der Waals surface area contributed by atoms with Crippen LogP contribution in [0.3, 0.4) is 0 Å². The monoisotopic (exact) mass is 747 g/mol. The molecular formula is C36H40F3N3O9S. The molecule has 3 N–H and O–H groups in total. The molecule has 1 saturated carbocycles. The second-order valence-corrected chi connectivity index (χ2v) is 14.3. The number of benzene rings is 3.